The number of benzene rings is 1. The number of fused-ring (bicyclic) bond motifs is 1. The first-order valence-electron chi connectivity index (χ1n) is 3.17. The molecular weight excluding hydrogens is 310 g/mol. The summed E-state index contributed by atoms with van der Waals surface area (Å²) >= 11 is 13.9. The van der Waals surface area contributed by atoms with Gasteiger partial charge in [-0.2, -0.15) is 5.10 Å². The van der Waals surface area contributed by atoms with E-state index in [-0.39, 0.29) is 0 Å². The predicted octanol–water partition coefficient (Wildman–Crippen LogP) is 3.47. The van der Waals surface area contributed by atoms with Crippen LogP contribution in [0.25, 0.3) is 10.9 Å². The van der Waals surface area contributed by atoms with Gasteiger partial charge in [-0.05, 0) is 34.7 Å². The highest BCUT2D eigenvalue weighted by Gasteiger charge is 2.09. The van der Waals surface area contributed by atoms with Crippen molar-refractivity contribution in [2.24, 2.45) is 0 Å². The van der Waals surface area contributed by atoms with Crippen LogP contribution in [0.2, 0.25) is 10.0 Å². The third-order valence-electron chi connectivity index (χ3n) is 1.57. The SMILES string of the molecule is Clc1ccc2n[nH]c(I)c2c1Cl. The van der Waals surface area contributed by atoms with Gasteiger partial charge in [0.2, 0.25) is 0 Å². The number of rotatable bonds is 0. The van der Waals surface area contributed by atoms with Crippen LogP contribution in [0.4, 0.5) is 0 Å². The molecule has 5 heteroatoms. The quantitative estimate of drug-likeness (QED) is 0.741. The minimum Gasteiger partial charge on any atom is -0.271 e. The molecule has 1 N–H and O–H groups in total. The largest absolute Gasteiger partial charge is 0.271 e. The molecule has 0 aliphatic rings. The molecular formula is C7H3Cl2IN2. The van der Waals surface area contributed by atoms with Crippen molar-refractivity contribution in [3.63, 3.8) is 0 Å². The fourth-order valence-electron chi connectivity index (χ4n) is 1.01. The summed E-state index contributed by atoms with van der Waals surface area (Å²) in [6, 6.07) is 3.57. The molecule has 2 nitrogen and oxygen atoms in total. The maximum Gasteiger partial charge on any atom is 0.105 e. The summed E-state index contributed by atoms with van der Waals surface area (Å²) < 4.78 is 0.912. The third kappa shape index (κ3) is 1.20. The second-order valence-corrected chi connectivity index (χ2v) is 4.16. The molecule has 0 unspecified atom stereocenters. The number of aromatic amines is 1. The Balaban J connectivity index is 2.96. The Morgan fingerprint density at radius 3 is 2.83 bits per heavy atom. The molecule has 0 atom stereocenters. The monoisotopic (exact) mass is 312 g/mol. The minimum absolute atomic E-state index is 0.559. The highest BCUT2D eigenvalue weighted by Crippen LogP contribution is 2.32. The van der Waals surface area contributed by atoms with Crippen LogP contribution < -0.4 is 0 Å². The van der Waals surface area contributed by atoms with Gasteiger partial charge in [0, 0.05) is 0 Å². The summed E-state index contributed by atoms with van der Waals surface area (Å²) in [5, 5.41) is 8.90. The zero-order valence-corrected chi connectivity index (χ0v) is 9.41. The molecule has 2 rings (SSSR count). The van der Waals surface area contributed by atoms with Crippen LogP contribution in [-0.4, -0.2) is 10.2 Å². The lowest BCUT2D eigenvalue weighted by Gasteiger charge is -1.95. The molecule has 0 aliphatic carbocycles. The van der Waals surface area contributed by atoms with Crippen LogP contribution in [0.3, 0.4) is 0 Å². The molecule has 0 spiro atoms. The van der Waals surface area contributed by atoms with E-state index in [9.17, 15) is 0 Å². The number of nitrogens with zero attached hydrogens (tertiary/aromatic N) is 1. The van der Waals surface area contributed by atoms with Crippen molar-refractivity contribution in [2.75, 3.05) is 0 Å². The van der Waals surface area contributed by atoms with Crippen molar-refractivity contribution < 1.29 is 0 Å². The van der Waals surface area contributed by atoms with Crippen molar-refractivity contribution in [3.8, 4) is 0 Å². The summed E-state index contributed by atoms with van der Waals surface area (Å²) in [6.45, 7) is 0. The summed E-state index contributed by atoms with van der Waals surface area (Å²) in [5.74, 6) is 0. The second-order valence-electron chi connectivity index (χ2n) is 2.29. The van der Waals surface area contributed by atoms with Crippen LogP contribution in [-0.2, 0) is 0 Å². The number of nitrogens with one attached hydrogen (secondary N) is 1. The average molecular weight is 313 g/mol. The van der Waals surface area contributed by atoms with Gasteiger partial charge in [0.25, 0.3) is 0 Å². The maximum absolute atomic E-state index is 5.98. The van der Waals surface area contributed by atoms with Gasteiger partial charge in [-0.15, -0.1) is 0 Å². The lowest BCUT2D eigenvalue weighted by Crippen LogP contribution is -1.73. The molecule has 1 aromatic carbocycles. The molecule has 12 heavy (non-hydrogen) atoms. The zero-order valence-electron chi connectivity index (χ0n) is 5.74. The lowest BCUT2D eigenvalue weighted by molar-refractivity contribution is 1.09. The average Bonchev–Trinajstić information content (AvgIpc) is 2.41. The first-order chi connectivity index (χ1) is 5.70. The normalized spacial score (nSPS) is 10.9. The number of aromatic nitrogens is 2. The Kier molecular flexibility index (Phi) is 2.18. The summed E-state index contributed by atoms with van der Waals surface area (Å²) in [7, 11) is 0. The fraction of sp³-hybridized carbons (Fsp3) is 0. The van der Waals surface area contributed by atoms with Gasteiger partial charge < -0.3 is 0 Å². The topological polar surface area (TPSA) is 28.7 Å². The summed E-state index contributed by atoms with van der Waals surface area (Å²) in [6.07, 6.45) is 0. The first kappa shape index (κ1) is 8.59. The smallest absolute Gasteiger partial charge is 0.105 e. The van der Waals surface area contributed by atoms with E-state index in [2.05, 4.69) is 32.8 Å². The van der Waals surface area contributed by atoms with Crippen LogP contribution in [0.15, 0.2) is 12.1 Å². The molecule has 0 saturated carbocycles. The van der Waals surface area contributed by atoms with Crippen LogP contribution >= 0.6 is 45.8 Å². The summed E-state index contributed by atoms with van der Waals surface area (Å²) in [5.41, 5.74) is 0.841. The van der Waals surface area contributed by atoms with E-state index in [0.717, 1.165) is 14.6 Å². The molecule has 1 heterocycles. The lowest BCUT2D eigenvalue weighted by atomic mass is 10.2. The van der Waals surface area contributed by atoms with Crippen LogP contribution in [0.1, 0.15) is 0 Å². The van der Waals surface area contributed by atoms with E-state index in [4.69, 9.17) is 23.2 Å². The highest BCUT2D eigenvalue weighted by molar-refractivity contribution is 14.1. The zero-order chi connectivity index (χ0) is 8.72. The van der Waals surface area contributed by atoms with Crippen LogP contribution in [0, 0.1) is 3.70 Å². The molecule has 0 bridgehead atoms. The van der Waals surface area contributed by atoms with Crippen molar-refractivity contribution in [2.45, 2.75) is 0 Å². The maximum atomic E-state index is 5.98. The van der Waals surface area contributed by atoms with E-state index in [1.807, 2.05) is 6.07 Å². The Morgan fingerprint density at radius 2 is 2.08 bits per heavy atom. The minimum atomic E-state index is 0.559. The number of H-pyrrole nitrogens is 1. The molecule has 0 fully saturated rings. The van der Waals surface area contributed by atoms with Gasteiger partial charge in [0.15, 0.2) is 0 Å². The van der Waals surface area contributed by atoms with Crippen molar-refractivity contribution >= 4 is 56.7 Å². The van der Waals surface area contributed by atoms with Crippen molar-refractivity contribution in [1.82, 2.24) is 10.2 Å². The van der Waals surface area contributed by atoms with E-state index >= 15 is 0 Å². The van der Waals surface area contributed by atoms with E-state index in [0.29, 0.717) is 10.0 Å². The predicted molar refractivity (Wildman–Crippen MR) is 58.8 cm³/mol. The molecule has 0 radical (unpaired) electrons. The molecule has 0 amide bonds. The van der Waals surface area contributed by atoms with E-state index in [1.165, 1.54) is 0 Å². The van der Waals surface area contributed by atoms with Crippen molar-refractivity contribution in [3.05, 3.63) is 25.9 Å². The van der Waals surface area contributed by atoms with E-state index < -0.39 is 0 Å². The number of halogens is 3. The third-order valence-corrected chi connectivity index (χ3v) is 3.15. The number of hydrogen-bond acceptors (Lipinski definition) is 1. The van der Waals surface area contributed by atoms with Gasteiger partial charge in [-0.25, -0.2) is 0 Å². The van der Waals surface area contributed by atoms with Gasteiger partial charge in [-0.3, -0.25) is 5.10 Å². The Labute approximate surface area is 92.4 Å². The molecule has 1 aromatic heterocycles. The number of hydrogen-bond donors (Lipinski definition) is 1. The van der Waals surface area contributed by atoms with Gasteiger partial charge in [0.05, 0.1) is 20.9 Å². The molecule has 0 saturated heterocycles. The highest BCUT2D eigenvalue weighted by atomic mass is 127. The standard InChI is InChI=1S/C7H3Cl2IN2/c8-3-1-2-4-5(6(3)9)7(10)12-11-4/h1-2H,(H,11,12). The fourth-order valence-corrected chi connectivity index (χ4v) is 2.25. The van der Waals surface area contributed by atoms with E-state index in [1.54, 1.807) is 6.07 Å². The second kappa shape index (κ2) is 3.05. The molecule has 2 aromatic rings. The van der Waals surface area contributed by atoms with Gasteiger partial charge >= 0.3 is 0 Å². The Morgan fingerprint density at radius 1 is 1.33 bits per heavy atom. The first-order valence-corrected chi connectivity index (χ1v) is 5.01. The molecule has 62 valence electrons. The van der Waals surface area contributed by atoms with Crippen LogP contribution in [0.5, 0.6) is 0 Å². The summed E-state index contributed by atoms with van der Waals surface area (Å²) in [4.78, 5) is 0. The molecule has 0 aliphatic heterocycles. The van der Waals surface area contributed by atoms with Crippen molar-refractivity contribution in [1.29, 1.82) is 0 Å². The van der Waals surface area contributed by atoms with Gasteiger partial charge in [0.1, 0.15) is 3.70 Å². The Bertz CT molecular complexity index is 438. The Hall–Kier alpha value is -0.000000000000000167. The van der Waals surface area contributed by atoms with Gasteiger partial charge in [-0.1, -0.05) is 23.2 Å².